The summed E-state index contributed by atoms with van der Waals surface area (Å²) < 4.78 is 0. The molecule has 0 bridgehead atoms. The Morgan fingerprint density at radius 1 is 0.240 bits per heavy atom. The van der Waals surface area contributed by atoms with Gasteiger partial charge in [0.2, 0.25) is 0 Å². The standard InChI is InChI=1S/C42H42P4S4/c47-43(31-34-44(48,37-19-7-1-8-20-37)38-21-9-2-10-22-38,32-35-45(49,39-23-11-3-12-24-39)40-25-13-4-14-26-40)33-36-46(50,41-27-15-5-16-28-41)42-29-17-6-18-30-42/h1-30H,31-36H2. The lowest BCUT2D eigenvalue weighted by Gasteiger charge is -2.33. The largest absolute Gasteiger partial charge is 0.0974 e. The highest BCUT2D eigenvalue weighted by molar-refractivity contribution is 8.24. The van der Waals surface area contributed by atoms with E-state index in [9.17, 15) is 0 Å². The molecule has 0 atom stereocenters. The monoisotopic (exact) mass is 798 g/mol. The third-order valence-corrected chi connectivity index (χ3v) is 30.1. The molecule has 0 saturated carbocycles. The highest BCUT2D eigenvalue weighted by atomic mass is 32.5. The van der Waals surface area contributed by atoms with Gasteiger partial charge in [0.15, 0.2) is 0 Å². The summed E-state index contributed by atoms with van der Waals surface area (Å²) in [6, 6.07) is 56.4. The molecule has 6 aromatic rings. The average molecular weight is 799 g/mol. The van der Waals surface area contributed by atoms with Crippen molar-refractivity contribution in [3.8, 4) is 0 Å². The maximum Gasteiger partial charge on any atom is 0.0109 e. The molecule has 0 amide bonds. The van der Waals surface area contributed by atoms with Gasteiger partial charge >= 0.3 is 0 Å². The maximum atomic E-state index is 7.03. The van der Waals surface area contributed by atoms with Crippen LogP contribution in [0.4, 0.5) is 0 Å². The normalized spacial score (nSPS) is 12.4. The van der Waals surface area contributed by atoms with Gasteiger partial charge in [-0.05, 0) is 74.8 Å². The number of hydrogen-bond acceptors (Lipinski definition) is 4. The Labute approximate surface area is 319 Å². The van der Waals surface area contributed by atoms with Gasteiger partial charge in [-0.3, -0.25) is 0 Å². The molecule has 8 heteroatoms. The van der Waals surface area contributed by atoms with Crippen LogP contribution in [0.3, 0.4) is 0 Å². The molecule has 6 aromatic carbocycles. The highest BCUT2D eigenvalue weighted by Gasteiger charge is 2.32. The molecule has 0 N–H and O–H groups in total. The molecule has 0 heterocycles. The summed E-state index contributed by atoms with van der Waals surface area (Å²) >= 11 is 27.4. The van der Waals surface area contributed by atoms with E-state index in [4.69, 9.17) is 47.2 Å². The average Bonchev–Trinajstić information content (AvgIpc) is 3.20. The second-order valence-corrected chi connectivity index (χ2v) is 32.9. The molecule has 0 fully saturated rings. The minimum atomic E-state index is -2.12. The van der Waals surface area contributed by atoms with Crippen LogP contribution in [0.1, 0.15) is 0 Å². The van der Waals surface area contributed by atoms with Crippen LogP contribution in [0, 0.1) is 0 Å². The lowest BCUT2D eigenvalue weighted by molar-refractivity contribution is 1.35. The molecule has 6 rings (SSSR count). The first-order valence-corrected chi connectivity index (χ1v) is 29.3. The van der Waals surface area contributed by atoms with E-state index in [-0.39, 0.29) is 0 Å². The molecule has 0 spiro atoms. The SMILES string of the molecule is S=P(CCP(=S)(c1ccccc1)c1ccccc1)(CCP(=S)(c1ccccc1)c1ccccc1)CCP(=S)(c1ccccc1)c1ccccc1. The Kier molecular flexibility index (Phi) is 12.9. The van der Waals surface area contributed by atoms with Crippen molar-refractivity contribution in [1.29, 1.82) is 0 Å². The van der Waals surface area contributed by atoms with Crippen molar-refractivity contribution >= 4 is 103 Å². The predicted molar refractivity (Wildman–Crippen MR) is 243 cm³/mol. The van der Waals surface area contributed by atoms with Gasteiger partial charge in [-0.1, -0.05) is 229 Å². The van der Waals surface area contributed by atoms with E-state index in [1.54, 1.807) is 0 Å². The van der Waals surface area contributed by atoms with Crippen LogP contribution in [-0.4, -0.2) is 37.0 Å². The van der Waals surface area contributed by atoms with Crippen molar-refractivity contribution in [2.45, 2.75) is 0 Å². The fourth-order valence-electron chi connectivity index (χ4n) is 6.54. The van der Waals surface area contributed by atoms with Crippen molar-refractivity contribution in [2.75, 3.05) is 37.0 Å². The Morgan fingerprint density at radius 3 is 0.560 bits per heavy atom. The van der Waals surface area contributed by atoms with Crippen molar-refractivity contribution in [1.82, 2.24) is 0 Å². The summed E-state index contributed by atoms with van der Waals surface area (Å²) in [5, 5.41) is 7.58. The topological polar surface area (TPSA) is 0 Å². The van der Waals surface area contributed by atoms with E-state index < -0.39 is 24.2 Å². The minimum absolute atomic E-state index is 0.909. The van der Waals surface area contributed by atoms with E-state index in [1.807, 2.05) is 0 Å². The van der Waals surface area contributed by atoms with Crippen molar-refractivity contribution in [3.63, 3.8) is 0 Å². The van der Waals surface area contributed by atoms with Gasteiger partial charge in [-0.2, -0.15) is 0 Å². The van der Waals surface area contributed by atoms with Crippen LogP contribution in [-0.2, 0) is 47.2 Å². The fourth-order valence-corrected chi connectivity index (χ4v) is 27.9. The van der Waals surface area contributed by atoms with Crippen LogP contribution in [0.15, 0.2) is 182 Å². The Bertz CT molecular complexity index is 1780. The molecule has 0 saturated heterocycles. The molecule has 0 nitrogen and oxygen atoms in total. The van der Waals surface area contributed by atoms with Crippen molar-refractivity contribution < 1.29 is 0 Å². The summed E-state index contributed by atoms with van der Waals surface area (Å²) in [4.78, 5) is 0. The van der Waals surface area contributed by atoms with E-state index in [0.717, 1.165) is 37.0 Å². The Hall–Kier alpha value is -2.08. The zero-order chi connectivity index (χ0) is 34.9. The van der Waals surface area contributed by atoms with E-state index in [1.165, 1.54) is 31.8 Å². The zero-order valence-corrected chi connectivity index (χ0v) is 34.8. The van der Waals surface area contributed by atoms with Gasteiger partial charge in [0.1, 0.15) is 0 Å². The third kappa shape index (κ3) is 8.75. The lowest BCUT2D eigenvalue weighted by Crippen LogP contribution is -2.24. The van der Waals surface area contributed by atoms with Gasteiger partial charge in [0.25, 0.3) is 0 Å². The van der Waals surface area contributed by atoms with Gasteiger partial charge in [-0.25, -0.2) is 0 Å². The molecular weight excluding hydrogens is 757 g/mol. The van der Waals surface area contributed by atoms with Gasteiger partial charge in [0.05, 0.1) is 0 Å². The number of benzene rings is 6. The number of rotatable bonds is 15. The first-order chi connectivity index (χ1) is 24.3. The molecule has 0 unspecified atom stereocenters. The van der Waals surface area contributed by atoms with Crippen LogP contribution in [0.25, 0.3) is 0 Å². The van der Waals surface area contributed by atoms with Crippen LogP contribution >= 0.6 is 24.2 Å². The summed E-state index contributed by atoms with van der Waals surface area (Å²) in [6.45, 7) is 0. The third-order valence-electron chi connectivity index (χ3n) is 9.51. The minimum Gasteiger partial charge on any atom is -0.0974 e. The Balaban J connectivity index is 1.39. The van der Waals surface area contributed by atoms with Crippen LogP contribution in [0.2, 0.25) is 0 Å². The molecular formula is C42H42P4S4. The molecule has 0 aliphatic carbocycles. The zero-order valence-electron chi connectivity index (χ0n) is 28.0. The summed E-state index contributed by atoms with van der Waals surface area (Å²) in [7, 11) is 0. The smallest absolute Gasteiger partial charge is 0.0109 e. The molecule has 50 heavy (non-hydrogen) atoms. The fraction of sp³-hybridized carbons (Fsp3) is 0.143. The molecule has 0 radical (unpaired) electrons. The number of hydrogen-bond donors (Lipinski definition) is 0. The first-order valence-electron chi connectivity index (χ1n) is 16.9. The first kappa shape index (κ1) is 37.7. The second kappa shape index (κ2) is 17.2. The van der Waals surface area contributed by atoms with Crippen molar-refractivity contribution in [2.24, 2.45) is 0 Å². The van der Waals surface area contributed by atoms with Gasteiger partial charge in [0, 0.05) is 18.1 Å². The quantitative estimate of drug-likeness (QED) is 0.0953. The summed E-state index contributed by atoms with van der Waals surface area (Å²) in [5.41, 5.74) is 0. The Morgan fingerprint density at radius 2 is 0.400 bits per heavy atom. The molecule has 254 valence electrons. The molecule has 0 aliphatic rings. The van der Waals surface area contributed by atoms with Crippen LogP contribution in [0.5, 0.6) is 0 Å². The van der Waals surface area contributed by atoms with E-state index >= 15 is 0 Å². The lowest BCUT2D eigenvalue weighted by atomic mass is 10.4. The molecule has 0 aliphatic heterocycles. The van der Waals surface area contributed by atoms with Gasteiger partial charge < -0.3 is 0 Å². The van der Waals surface area contributed by atoms with E-state index in [2.05, 4.69) is 182 Å². The predicted octanol–water partition coefficient (Wildman–Crippen LogP) is 8.86. The van der Waals surface area contributed by atoms with Crippen LogP contribution < -0.4 is 31.8 Å². The summed E-state index contributed by atoms with van der Waals surface area (Å²) in [5.74, 6) is 0. The maximum absolute atomic E-state index is 7.03. The van der Waals surface area contributed by atoms with Gasteiger partial charge in [-0.15, -0.1) is 0 Å². The van der Waals surface area contributed by atoms with E-state index in [0.29, 0.717) is 0 Å². The molecule has 0 aromatic heterocycles. The van der Waals surface area contributed by atoms with Crippen molar-refractivity contribution in [3.05, 3.63) is 182 Å². The summed E-state index contributed by atoms with van der Waals surface area (Å²) in [6.07, 6.45) is 5.57. The highest BCUT2D eigenvalue weighted by Crippen LogP contribution is 2.58. The second-order valence-electron chi connectivity index (χ2n) is 12.6.